The summed E-state index contributed by atoms with van der Waals surface area (Å²) in [6, 6.07) is 5.68. The molecule has 1 aromatic carbocycles. The number of aromatic carboxylic acids is 1. The van der Waals surface area contributed by atoms with Crippen LogP contribution in [0.15, 0.2) is 35.0 Å². The Bertz CT molecular complexity index is 640. The quantitative estimate of drug-likeness (QED) is 0.676. The number of non-ortho nitro benzene ring substituents is 1. The van der Waals surface area contributed by atoms with Crippen LogP contribution in [0.5, 0.6) is 0 Å². The summed E-state index contributed by atoms with van der Waals surface area (Å²) >= 11 is 1.54. The van der Waals surface area contributed by atoms with Gasteiger partial charge in [-0.1, -0.05) is 0 Å². The van der Waals surface area contributed by atoms with Gasteiger partial charge in [-0.2, -0.15) is 11.3 Å². The molecule has 1 N–H and O–H groups in total. The van der Waals surface area contributed by atoms with E-state index in [0.29, 0.717) is 12.2 Å². The average molecular weight is 292 g/mol. The molecule has 0 fully saturated rings. The zero-order chi connectivity index (χ0) is 14.7. The Morgan fingerprint density at radius 3 is 2.75 bits per heavy atom. The molecule has 1 aromatic heterocycles. The summed E-state index contributed by atoms with van der Waals surface area (Å²) in [6.45, 7) is 0.491. The lowest BCUT2D eigenvalue weighted by molar-refractivity contribution is -0.384. The van der Waals surface area contributed by atoms with Gasteiger partial charge < -0.3 is 10.0 Å². The summed E-state index contributed by atoms with van der Waals surface area (Å²) in [5.74, 6) is -1.10. The minimum Gasteiger partial charge on any atom is -0.478 e. The highest BCUT2D eigenvalue weighted by atomic mass is 32.1. The third-order valence-corrected chi connectivity index (χ3v) is 3.57. The lowest BCUT2D eigenvalue weighted by Gasteiger charge is -2.20. The minimum atomic E-state index is -1.10. The molecule has 2 rings (SSSR count). The van der Waals surface area contributed by atoms with Crippen molar-refractivity contribution in [3.05, 3.63) is 56.3 Å². The number of nitrogens with zero attached hydrogens (tertiary/aromatic N) is 2. The van der Waals surface area contributed by atoms with E-state index in [2.05, 4.69) is 0 Å². The minimum absolute atomic E-state index is 0.0494. The van der Waals surface area contributed by atoms with Gasteiger partial charge in [0, 0.05) is 25.7 Å². The molecular weight excluding hydrogens is 280 g/mol. The molecule has 2 aromatic rings. The first-order valence-electron chi connectivity index (χ1n) is 5.73. The predicted octanol–water partition coefficient (Wildman–Crippen LogP) is 2.99. The second-order valence-corrected chi connectivity index (χ2v) is 5.03. The number of carboxylic acid groups (broad SMARTS) is 1. The normalized spacial score (nSPS) is 10.2. The van der Waals surface area contributed by atoms with Crippen LogP contribution < -0.4 is 4.90 Å². The largest absolute Gasteiger partial charge is 0.478 e. The fourth-order valence-electron chi connectivity index (χ4n) is 1.87. The Labute approximate surface area is 119 Å². The molecule has 0 atom stereocenters. The number of thiophene rings is 1. The van der Waals surface area contributed by atoms with Crippen LogP contribution in [0, 0.1) is 10.1 Å². The number of benzene rings is 1. The highest BCUT2D eigenvalue weighted by Crippen LogP contribution is 2.27. The standard InChI is InChI=1S/C13H12N2O4S/c1-14(7-9-4-5-20-8-9)12-6-10(15(18)19)2-3-11(12)13(16)17/h2-6,8H,7H2,1H3,(H,16,17). The predicted molar refractivity (Wildman–Crippen MR) is 76.5 cm³/mol. The second kappa shape index (κ2) is 5.70. The SMILES string of the molecule is CN(Cc1ccsc1)c1cc([N+](=O)[O-])ccc1C(=O)O. The molecule has 104 valence electrons. The molecular formula is C13H12N2O4S. The number of carbonyl (C=O) groups is 1. The van der Waals surface area contributed by atoms with Crippen molar-refractivity contribution in [1.82, 2.24) is 0 Å². The van der Waals surface area contributed by atoms with Crippen LogP contribution in [0.2, 0.25) is 0 Å². The van der Waals surface area contributed by atoms with Crippen molar-refractivity contribution in [2.75, 3.05) is 11.9 Å². The molecule has 0 saturated heterocycles. The van der Waals surface area contributed by atoms with Crippen molar-refractivity contribution in [3.8, 4) is 0 Å². The molecule has 1 heterocycles. The van der Waals surface area contributed by atoms with Crippen LogP contribution in [0.1, 0.15) is 15.9 Å². The van der Waals surface area contributed by atoms with Gasteiger partial charge in [0.1, 0.15) is 0 Å². The molecule has 0 amide bonds. The topological polar surface area (TPSA) is 83.7 Å². The van der Waals surface area contributed by atoms with Crippen molar-refractivity contribution in [1.29, 1.82) is 0 Å². The second-order valence-electron chi connectivity index (χ2n) is 4.25. The molecule has 0 saturated carbocycles. The van der Waals surface area contributed by atoms with Crippen molar-refractivity contribution in [2.24, 2.45) is 0 Å². The zero-order valence-electron chi connectivity index (χ0n) is 10.6. The number of hydrogen-bond acceptors (Lipinski definition) is 5. The number of rotatable bonds is 5. The van der Waals surface area contributed by atoms with Crippen molar-refractivity contribution < 1.29 is 14.8 Å². The fraction of sp³-hybridized carbons (Fsp3) is 0.154. The van der Waals surface area contributed by atoms with Gasteiger partial charge in [-0.15, -0.1) is 0 Å². The number of carboxylic acids is 1. The summed E-state index contributed by atoms with van der Waals surface area (Å²) in [7, 11) is 1.71. The molecule has 0 radical (unpaired) electrons. The Balaban J connectivity index is 2.38. The smallest absolute Gasteiger partial charge is 0.337 e. The van der Waals surface area contributed by atoms with E-state index >= 15 is 0 Å². The number of nitro groups is 1. The third kappa shape index (κ3) is 2.94. The molecule has 0 aliphatic heterocycles. The van der Waals surface area contributed by atoms with E-state index in [9.17, 15) is 20.0 Å². The highest BCUT2D eigenvalue weighted by molar-refractivity contribution is 7.07. The Kier molecular flexibility index (Phi) is 3.99. The Morgan fingerprint density at radius 1 is 1.45 bits per heavy atom. The van der Waals surface area contributed by atoms with Crippen LogP contribution in [0.4, 0.5) is 11.4 Å². The summed E-state index contributed by atoms with van der Waals surface area (Å²) in [5, 5.41) is 23.9. The molecule has 0 unspecified atom stereocenters. The maximum absolute atomic E-state index is 11.2. The molecule has 6 nitrogen and oxygen atoms in total. The molecule has 7 heteroatoms. The van der Waals surface area contributed by atoms with Gasteiger partial charge in [0.25, 0.3) is 5.69 Å². The first-order valence-corrected chi connectivity index (χ1v) is 6.67. The molecule has 0 spiro atoms. The van der Waals surface area contributed by atoms with Gasteiger partial charge in [0.2, 0.25) is 0 Å². The van der Waals surface area contributed by atoms with E-state index in [1.807, 2.05) is 16.8 Å². The molecule has 0 aliphatic carbocycles. The Morgan fingerprint density at radius 2 is 2.20 bits per heavy atom. The summed E-state index contributed by atoms with van der Waals surface area (Å²) < 4.78 is 0. The first kappa shape index (κ1) is 14.0. The number of anilines is 1. The van der Waals surface area contributed by atoms with Crippen molar-refractivity contribution in [3.63, 3.8) is 0 Å². The van der Waals surface area contributed by atoms with E-state index in [1.165, 1.54) is 18.2 Å². The monoisotopic (exact) mass is 292 g/mol. The van der Waals surface area contributed by atoms with E-state index < -0.39 is 10.9 Å². The Hall–Kier alpha value is -2.41. The maximum atomic E-state index is 11.2. The van der Waals surface area contributed by atoms with E-state index in [-0.39, 0.29) is 11.3 Å². The molecule has 0 aliphatic rings. The number of nitro benzene ring substituents is 1. The van der Waals surface area contributed by atoms with E-state index in [0.717, 1.165) is 5.56 Å². The summed E-state index contributed by atoms with van der Waals surface area (Å²) in [5.41, 5.74) is 1.29. The molecule has 0 bridgehead atoms. The van der Waals surface area contributed by atoms with Gasteiger partial charge in [-0.3, -0.25) is 10.1 Å². The summed E-state index contributed by atoms with van der Waals surface area (Å²) in [6.07, 6.45) is 0. The van der Waals surface area contributed by atoms with Crippen molar-refractivity contribution >= 4 is 28.7 Å². The van der Waals surface area contributed by atoms with Crippen LogP contribution >= 0.6 is 11.3 Å². The van der Waals surface area contributed by atoms with Gasteiger partial charge in [-0.05, 0) is 28.5 Å². The van der Waals surface area contributed by atoms with Gasteiger partial charge >= 0.3 is 5.97 Å². The van der Waals surface area contributed by atoms with Crippen LogP contribution in [-0.2, 0) is 6.54 Å². The van der Waals surface area contributed by atoms with E-state index in [4.69, 9.17) is 0 Å². The van der Waals surface area contributed by atoms with Gasteiger partial charge in [-0.25, -0.2) is 4.79 Å². The lowest BCUT2D eigenvalue weighted by atomic mass is 10.1. The number of hydrogen-bond donors (Lipinski definition) is 1. The van der Waals surface area contributed by atoms with Crippen molar-refractivity contribution in [2.45, 2.75) is 6.54 Å². The van der Waals surface area contributed by atoms with Crippen LogP contribution in [0.3, 0.4) is 0 Å². The van der Waals surface area contributed by atoms with Crippen LogP contribution in [0.25, 0.3) is 0 Å². The highest BCUT2D eigenvalue weighted by Gasteiger charge is 2.18. The van der Waals surface area contributed by atoms with E-state index in [1.54, 1.807) is 23.3 Å². The molecule has 20 heavy (non-hydrogen) atoms. The third-order valence-electron chi connectivity index (χ3n) is 2.83. The average Bonchev–Trinajstić information content (AvgIpc) is 2.90. The summed E-state index contributed by atoms with van der Waals surface area (Å²) in [4.78, 5) is 23.2. The van der Waals surface area contributed by atoms with Gasteiger partial charge in [0.05, 0.1) is 16.2 Å². The zero-order valence-corrected chi connectivity index (χ0v) is 11.5. The van der Waals surface area contributed by atoms with Crippen LogP contribution in [-0.4, -0.2) is 23.0 Å². The fourth-order valence-corrected chi connectivity index (χ4v) is 2.53. The lowest BCUT2D eigenvalue weighted by Crippen LogP contribution is -2.19. The first-order chi connectivity index (χ1) is 9.49. The maximum Gasteiger partial charge on any atom is 0.337 e. The van der Waals surface area contributed by atoms with Gasteiger partial charge in [0.15, 0.2) is 0 Å².